The summed E-state index contributed by atoms with van der Waals surface area (Å²) in [6, 6.07) is 8.43. The van der Waals surface area contributed by atoms with Crippen LogP contribution in [-0.4, -0.2) is 5.78 Å². The van der Waals surface area contributed by atoms with Gasteiger partial charge in [0.1, 0.15) is 5.78 Å². The maximum absolute atomic E-state index is 11.8. The molecule has 0 aromatic heterocycles. The molecule has 0 bridgehead atoms. The van der Waals surface area contributed by atoms with Crippen molar-refractivity contribution in [2.24, 2.45) is 5.41 Å². The van der Waals surface area contributed by atoms with E-state index in [9.17, 15) is 4.79 Å². The van der Waals surface area contributed by atoms with E-state index in [0.717, 1.165) is 12.8 Å². The fourth-order valence-corrected chi connectivity index (χ4v) is 2.67. The Balaban J connectivity index is 2.41. The number of hydrogen-bond acceptors (Lipinski definition) is 1. The van der Waals surface area contributed by atoms with Crippen LogP contribution in [0, 0.1) is 12.3 Å². The fourth-order valence-electron chi connectivity index (χ4n) is 2.67. The van der Waals surface area contributed by atoms with Gasteiger partial charge in [0, 0.05) is 11.8 Å². The normalized spacial score (nSPS) is 24.5. The third-order valence-electron chi connectivity index (χ3n) is 3.81. The van der Waals surface area contributed by atoms with Crippen LogP contribution in [0.4, 0.5) is 0 Å². The van der Waals surface area contributed by atoms with Crippen molar-refractivity contribution >= 4 is 5.78 Å². The van der Waals surface area contributed by atoms with E-state index in [2.05, 4.69) is 45.0 Å². The van der Waals surface area contributed by atoms with Crippen molar-refractivity contribution < 1.29 is 4.79 Å². The second kappa shape index (κ2) is 3.48. The lowest BCUT2D eigenvalue weighted by molar-refractivity contribution is -0.124. The van der Waals surface area contributed by atoms with Gasteiger partial charge in [-0.05, 0) is 30.4 Å². The van der Waals surface area contributed by atoms with Crippen molar-refractivity contribution in [3.63, 3.8) is 0 Å². The van der Waals surface area contributed by atoms with E-state index in [4.69, 9.17) is 0 Å². The lowest BCUT2D eigenvalue weighted by Crippen LogP contribution is -2.23. The minimum absolute atomic E-state index is 0.174. The Morgan fingerprint density at radius 1 is 1.27 bits per heavy atom. The van der Waals surface area contributed by atoms with Crippen LogP contribution in [0.15, 0.2) is 24.3 Å². The Hall–Kier alpha value is -1.11. The maximum atomic E-state index is 11.8. The zero-order valence-corrected chi connectivity index (χ0v) is 9.71. The summed E-state index contributed by atoms with van der Waals surface area (Å²) in [5.41, 5.74) is 2.49. The minimum atomic E-state index is -0.174. The summed E-state index contributed by atoms with van der Waals surface area (Å²) in [7, 11) is 0. The molecule has 1 aromatic rings. The number of carbonyl (C=O) groups excluding carboxylic acids is 1. The highest BCUT2D eigenvalue weighted by molar-refractivity contribution is 5.87. The van der Waals surface area contributed by atoms with E-state index in [1.165, 1.54) is 11.1 Å². The molecule has 1 unspecified atom stereocenters. The standard InChI is InChI=1S/C14H18O/c1-10-6-4-5-7-11(10)12-8-9-13(15)14(12,2)3/h4-7,12H,8-9H2,1-3H3. The van der Waals surface area contributed by atoms with Crippen LogP contribution in [0.25, 0.3) is 0 Å². The first-order valence-electron chi connectivity index (χ1n) is 5.62. The van der Waals surface area contributed by atoms with Gasteiger partial charge in [0.2, 0.25) is 0 Å². The average molecular weight is 202 g/mol. The van der Waals surface area contributed by atoms with Gasteiger partial charge >= 0.3 is 0 Å². The van der Waals surface area contributed by atoms with E-state index in [1.54, 1.807) is 0 Å². The first kappa shape index (κ1) is 10.4. The van der Waals surface area contributed by atoms with Crippen LogP contribution in [0.5, 0.6) is 0 Å². The molecule has 15 heavy (non-hydrogen) atoms. The number of hydrogen-bond donors (Lipinski definition) is 0. The quantitative estimate of drug-likeness (QED) is 0.681. The molecule has 1 fully saturated rings. The van der Waals surface area contributed by atoms with Crippen LogP contribution < -0.4 is 0 Å². The van der Waals surface area contributed by atoms with E-state index in [1.807, 2.05) is 0 Å². The van der Waals surface area contributed by atoms with Gasteiger partial charge in [0.15, 0.2) is 0 Å². The molecule has 1 saturated carbocycles. The van der Waals surface area contributed by atoms with Gasteiger partial charge in [-0.1, -0.05) is 38.1 Å². The van der Waals surface area contributed by atoms with Gasteiger partial charge < -0.3 is 0 Å². The molecular formula is C14H18O. The molecule has 80 valence electrons. The van der Waals surface area contributed by atoms with Crippen molar-refractivity contribution in [1.82, 2.24) is 0 Å². The van der Waals surface area contributed by atoms with Crippen molar-refractivity contribution in [3.8, 4) is 0 Å². The Labute approximate surface area is 91.5 Å². The molecule has 2 rings (SSSR count). The van der Waals surface area contributed by atoms with Crippen LogP contribution >= 0.6 is 0 Å². The second-order valence-electron chi connectivity index (χ2n) is 5.09. The molecule has 1 aliphatic carbocycles. The summed E-state index contributed by atoms with van der Waals surface area (Å²) in [6.07, 6.45) is 1.75. The number of ketones is 1. The molecule has 0 saturated heterocycles. The van der Waals surface area contributed by atoms with E-state index in [0.29, 0.717) is 11.7 Å². The number of carbonyl (C=O) groups is 1. The molecule has 1 atom stereocenters. The number of benzene rings is 1. The highest BCUT2D eigenvalue weighted by atomic mass is 16.1. The smallest absolute Gasteiger partial charge is 0.139 e. The number of rotatable bonds is 1. The number of aryl methyl sites for hydroxylation is 1. The zero-order chi connectivity index (χ0) is 11.1. The monoisotopic (exact) mass is 202 g/mol. The lowest BCUT2D eigenvalue weighted by Gasteiger charge is -2.26. The Morgan fingerprint density at radius 2 is 1.93 bits per heavy atom. The Morgan fingerprint density at radius 3 is 2.47 bits per heavy atom. The molecule has 0 heterocycles. The van der Waals surface area contributed by atoms with Gasteiger partial charge in [-0.2, -0.15) is 0 Å². The van der Waals surface area contributed by atoms with Gasteiger partial charge in [0.05, 0.1) is 0 Å². The predicted octanol–water partition coefficient (Wildman–Crippen LogP) is 3.47. The molecule has 0 spiro atoms. The molecule has 0 N–H and O–H groups in total. The highest BCUT2D eigenvalue weighted by Gasteiger charge is 2.42. The van der Waals surface area contributed by atoms with Gasteiger partial charge in [-0.15, -0.1) is 0 Å². The summed E-state index contributed by atoms with van der Waals surface area (Å²) in [5, 5.41) is 0. The largest absolute Gasteiger partial charge is 0.299 e. The highest BCUT2D eigenvalue weighted by Crippen LogP contribution is 2.47. The molecule has 1 heteroatoms. The second-order valence-corrected chi connectivity index (χ2v) is 5.09. The molecule has 1 aliphatic rings. The minimum Gasteiger partial charge on any atom is -0.299 e. The van der Waals surface area contributed by atoms with Gasteiger partial charge in [-0.3, -0.25) is 4.79 Å². The summed E-state index contributed by atoms with van der Waals surface area (Å²) in [5.74, 6) is 0.821. The molecule has 1 nitrogen and oxygen atoms in total. The number of Topliss-reactive ketones (excluding diaryl/α,β-unsaturated/α-hetero) is 1. The predicted molar refractivity (Wildman–Crippen MR) is 61.9 cm³/mol. The molecular weight excluding hydrogens is 184 g/mol. The zero-order valence-electron chi connectivity index (χ0n) is 9.71. The van der Waals surface area contributed by atoms with Crippen LogP contribution in [0.3, 0.4) is 0 Å². The van der Waals surface area contributed by atoms with E-state index < -0.39 is 0 Å². The molecule has 1 aromatic carbocycles. The first-order chi connectivity index (χ1) is 7.03. The van der Waals surface area contributed by atoms with Gasteiger partial charge in [-0.25, -0.2) is 0 Å². The van der Waals surface area contributed by atoms with Crippen molar-refractivity contribution in [2.45, 2.75) is 39.5 Å². The summed E-state index contributed by atoms with van der Waals surface area (Å²) >= 11 is 0. The first-order valence-corrected chi connectivity index (χ1v) is 5.62. The molecule has 0 aliphatic heterocycles. The van der Waals surface area contributed by atoms with E-state index >= 15 is 0 Å². The average Bonchev–Trinajstić information content (AvgIpc) is 2.44. The Kier molecular flexibility index (Phi) is 2.41. The van der Waals surface area contributed by atoms with Crippen molar-refractivity contribution in [3.05, 3.63) is 35.4 Å². The fraction of sp³-hybridized carbons (Fsp3) is 0.500. The van der Waals surface area contributed by atoms with Gasteiger partial charge in [0.25, 0.3) is 0 Å². The van der Waals surface area contributed by atoms with Crippen molar-refractivity contribution in [1.29, 1.82) is 0 Å². The summed E-state index contributed by atoms with van der Waals surface area (Å²) < 4.78 is 0. The summed E-state index contributed by atoms with van der Waals surface area (Å²) in [4.78, 5) is 11.8. The summed E-state index contributed by atoms with van der Waals surface area (Å²) in [6.45, 7) is 6.30. The van der Waals surface area contributed by atoms with Crippen molar-refractivity contribution in [2.75, 3.05) is 0 Å². The Bertz CT molecular complexity index is 390. The maximum Gasteiger partial charge on any atom is 0.139 e. The third-order valence-corrected chi connectivity index (χ3v) is 3.81. The lowest BCUT2D eigenvalue weighted by atomic mass is 9.76. The molecule has 0 amide bonds. The third kappa shape index (κ3) is 1.60. The molecule has 0 radical (unpaired) electrons. The van der Waals surface area contributed by atoms with E-state index in [-0.39, 0.29) is 5.41 Å². The topological polar surface area (TPSA) is 17.1 Å². The SMILES string of the molecule is Cc1ccccc1C1CCC(=O)C1(C)C. The van der Waals surface area contributed by atoms with Crippen LogP contribution in [-0.2, 0) is 4.79 Å². The van der Waals surface area contributed by atoms with Crippen LogP contribution in [0.1, 0.15) is 43.7 Å². The van der Waals surface area contributed by atoms with Crippen LogP contribution in [0.2, 0.25) is 0 Å².